The Morgan fingerprint density at radius 2 is 1.83 bits per heavy atom. The van der Waals surface area contributed by atoms with Crippen LogP contribution in [-0.2, 0) is 26.0 Å². The molecular weight excluding hydrogens is 416 g/mol. The number of ether oxygens (including phenoxy) is 2. The average Bonchev–Trinajstić information content (AvgIpc) is 2.68. The van der Waals surface area contributed by atoms with Crippen molar-refractivity contribution in [2.45, 2.75) is 30.3 Å². The Labute approximate surface area is 176 Å². The number of carbonyl (C=O) groups excluding carboxylic acids is 1. The lowest BCUT2D eigenvalue weighted by molar-refractivity contribution is -0.123. The summed E-state index contributed by atoms with van der Waals surface area (Å²) < 4.78 is 38.7. The average molecular weight is 441 g/mol. The standard InChI is InChI=1S/C20H25ClN2O5S/c1-14(13-27-2)22-20(24)17(11-15-7-5-4-6-8-15)23-29(25,26)19-12-16(21)9-10-18(19)28-3/h4-10,12,14,17,23H,11,13H2,1-3H3,(H,22,24). The molecule has 1 amide bonds. The van der Waals surface area contributed by atoms with Crippen molar-refractivity contribution in [2.24, 2.45) is 0 Å². The summed E-state index contributed by atoms with van der Waals surface area (Å²) in [6, 6.07) is 12.1. The van der Waals surface area contributed by atoms with E-state index in [9.17, 15) is 13.2 Å². The second-order valence-electron chi connectivity index (χ2n) is 6.52. The first-order valence-corrected chi connectivity index (χ1v) is 10.8. The van der Waals surface area contributed by atoms with Crippen molar-refractivity contribution < 1.29 is 22.7 Å². The van der Waals surface area contributed by atoms with E-state index in [1.807, 2.05) is 30.3 Å². The van der Waals surface area contributed by atoms with Gasteiger partial charge in [0.2, 0.25) is 15.9 Å². The number of methoxy groups -OCH3 is 2. The molecule has 2 aromatic rings. The fourth-order valence-electron chi connectivity index (χ4n) is 2.78. The van der Waals surface area contributed by atoms with Gasteiger partial charge in [0.1, 0.15) is 16.7 Å². The summed E-state index contributed by atoms with van der Waals surface area (Å²) in [5.74, 6) is -0.323. The van der Waals surface area contributed by atoms with Crippen LogP contribution in [0.1, 0.15) is 12.5 Å². The van der Waals surface area contributed by atoms with Crippen molar-refractivity contribution in [3.63, 3.8) is 0 Å². The minimum Gasteiger partial charge on any atom is -0.495 e. The lowest BCUT2D eigenvalue weighted by atomic mass is 10.1. The lowest BCUT2D eigenvalue weighted by Crippen LogP contribution is -2.50. The number of sulfonamides is 1. The van der Waals surface area contributed by atoms with E-state index in [2.05, 4.69) is 10.0 Å². The van der Waals surface area contributed by atoms with Crippen LogP contribution in [0.2, 0.25) is 5.02 Å². The fraction of sp³-hybridized carbons (Fsp3) is 0.350. The monoisotopic (exact) mass is 440 g/mol. The SMILES string of the molecule is COCC(C)NC(=O)C(Cc1ccccc1)NS(=O)(=O)c1cc(Cl)ccc1OC. The summed E-state index contributed by atoms with van der Waals surface area (Å²) in [5.41, 5.74) is 0.813. The zero-order valence-electron chi connectivity index (χ0n) is 16.5. The highest BCUT2D eigenvalue weighted by molar-refractivity contribution is 7.89. The van der Waals surface area contributed by atoms with Crippen LogP contribution >= 0.6 is 11.6 Å². The van der Waals surface area contributed by atoms with Crippen molar-refractivity contribution >= 4 is 27.5 Å². The Morgan fingerprint density at radius 3 is 2.45 bits per heavy atom. The van der Waals surface area contributed by atoms with Crippen molar-refractivity contribution in [3.05, 3.63) is 59.1 Å². The predicted octanol–water partition coefficient (Wildman–Crippen LogP) is 2.39. The van der Waals surface area contributed by atoms with Crippen LogP contribution in [-0.4, -0.2) is 47.2 Å². The molecule has 0 saturated carbocycles. The van der Waals surface area contributed by atoms with Crippen molar-refractivity contribution in [3.8, 4) is 5.75 Å². The summed E-state index contributed by atoms with van der Waals surface area (Å²) in [6.07, 6.45) is 0.175. The zero-order valence-corrected chi connectivity index (χ0v) is 18.1. The molecule has 0 aliphatic heterocycles. The second-order valence-corrected chi connectivity index (χ2v) is 8.64. The third-order valence-electron chi connectivity index (χ3n) is 4.12. The fourth-order valence-corrected chi connectivity index (χ4v) is 4.41. The molecule has 2 aromatic carbocycles. The maximum atomic E-state index is 13.0. The van der Waals surface area contributed by atoms with Gasteiger partial charge in [-0.3, -0.25) is 4.79 Å². The van der Waals surface area contributed by atoms with Gasteiger partial charge in [0.25, 0.3) is 0 Å². The van der Waals surface area contributed by atoms with E-state index in [0.717, 1.165) is 5.56 Å². The van der Waals surface area contributed by atoms with Crippen molar-refractivity contribution in [1.29, 1.82) is 0 Å². The van der Waals surface area contributed by atoms with Gasteiger partial charge in [0, 0.05) is 18.2 Å². The van der Waals surface area contributed by atoms with E-state index in [4.69, 9.17) is 21.1 Å². The molecule has 29 heavy (non-hydrogen) atoms. The molecule has 0 saturated heterocycles. The molecule has 0 bridgehead atoms. The molecule has 7 nitrogen and oxygen atoms in total. The first kappa shape index (κ1) is 23.2. The van der Waals surface area contributed by atoms with E-state index >= 15 is 0 Å². The minimum atomic E-state index is -4.09. The smallest absolute Gasteiger partial charge is 0.245 e. The van der Waals surface area contributed by atoms with Crippen molar-refractivity contribution in [2.75, 3.05) is 20.8 Å². The highest BCUT2D eigenvalue weighted by Gasteiger charge is 2.29. The number of hydrogen-bond donors (Lipinski definition) is 2. The van der Waals surface area contributed by atoms with Gasteiger partial charge in [-0.1, -0.05) is 41.9 Å². The van der Waals surface area contributed by atoms with Gasteiger partial charge < -0.3 is 14.8 Å². The quantitative estimate of drug-likeness (QED) is 0.591. The summed E-state index contributed by atoms with van der Waals surface area (Å²) in [7, 11) is -1.20. The van der Waals surface area contributed by atoms with Gasteiger partial charge in [-0.25, -0.2) is 8.42 Å². The lowest BCUT2D eigenvalue weighted by Gasteiger charge is -2.22. The van der Waals surface area contributed by atoms with Crippen molar-refractivity contribution in [1.82, 2.24) is 10.0 Å². The molecule has 158 valence electrons. The van der Waals surface area contributed by atoms with E-state index in [1.165, 1.54) is 32.4 Å². The molecule has 0 spiro atoms. The Bertz CT molecular complexity index is 922. The molecule has 0 aliphatic rings. The van der Waals surface area contributed by atoms with Gasteiger partial charge in [-0.05, 0) is 37.1 Å². The zero-order chi connectivity index (χ0) is 21.4. The molecule has 0 aromatic heterocycles. The molecule has 0 radical (unpaired) electrons. The van der Waals surface area contributed by atoms with Gasteiger partial charge in [-0.2, -0.15) is 4.72 Å². The van der Waals surface area contributed by atoms with Gasteiger partial charge >= 0.3 is 0 Å². The van der Waals surface area contributed by atoms with Gasteiger partial charge in [0.05, 0.1) is 13.7 Å². The molecule has 2 rings (SSSR count). The Morgan fingerprint density at radius 1 is 1.14 bits per heavy atom. The number of halogens is 1. The number of rotatable bonds is 10. The normalized spacial score (nSPS) is 13.5. The van der Waals surface area contributed by atoms with Gasteiger partial charge in [0.15, 0.2) is 0 Å². The number of benzene rings is 2. The largest absolute Gasteiger partial charge is 0.495 e. The summed E-state index contributed by atoms with van der Waals surface area (Å²) in [4.78, 5) is 12.7. The Balaban J connectivity index is 2.32. The number of hydrogen-bond acceptors (Lipinski definition) is 5. The number of carbonyl (C=O) groups is 1. The first-order chi connectivity index (χ1) is 13.8. The predicted molar refractivity (Wildman–Crippen MR) is 112 cm³/mol. The molecular formula is C20H25ClN2O5S. The highest BCUT2D eigenvalue weighted by atomic mass is 35.5. The topological polar surface area (TPSA) is 93.7 Å². The minimum absolute atomic E-state index is 0.133. The molecule has 0 fully saturated rings. The van der Waals surface area contributed by atoms with Crippen LogP contribution in [0.25, 0.3) is 0 Å². The van der Waals surface area contributed by atoms with E-state index in [-0.39, 0.29) is 28.1 Å². The Hall–Kier alpha value is -2.13. The highest BCUT2D eigenvalue weighted by Crippen LogP contribution is 2.27. The third-order valence-corrected chi connectivity index (χ3v) is 5.85. The van der Waals surface area contributed by atoms with Crippen LogP contribution in [0.3, 0.4) is 0 Å². The van der Waals surface area contributed by atoms with Crippen LogP contribution in [0, 0.1) is 0 Å². The van der Waals surface area contributed by atoms with Crippen LogP contribution in [0.15, 0.2) is 53.4 Å². The second kappa shape index (κ2) is 10.6. The molecule has 0 aliphatic carbocycles. The van der Waals surface area contributed by atoms with E-state index in [1.54, 1.807) is 6.92 Å². The van der Waals surface area contributed by atoms with Crippen LogP contribution in [0.5, 0.6) is 5.75 Å². The molecule has 0 heterocycles. The van der Waals surface area contributed by atoms with Crippen LogP contribution in [0.4, 0.5) is 0 Å². The maximum Gasteiger partial charge on any atom is 0.245 e. The third kappa shape index (κ3) is 6.71. The molecule has 9 heteroatoms. The summed E-state index contributed by atoms with van der Waals surface area (Å²) >= 11 is 5.97. The number of nitrogens with one attached hydrogen (secondary N) is 2. The van der Waals surface area contributed by atoms with E-state index in [0.29, 0.717) is 6.61 Å². The number of amides is 1. The van der Waals surface area contributed by atoms with E-state index < -0.39 is 22.0 Å². The van der Waals surface area contributed by atoms with Crippen LogP contribution < -0.4 is 14.8 Å². The first-order valence-electron chi connectivity index (χ1n) is 8.96. The summed E-state index contributed by atoms with van der Waals surface area (Å²) in [5, 5.41) is 3.01. The molecule has 2 unspecified atom stereocenters. The van der Waals surface area contributed by atoms with Gasteiger partial charge in [-0.15, -0.1) is 0 Å². The molecule has 2 N–H and O–H groups in total. The maximum absolute atomic E-state index is 13.0. The Kier molecular flexibility index (Phi) is 8.45. The molecule has 2 atom stereocenters. The summed E-state index contributed by atoms with van der Waals surface area (Å²) in [6.45, 7) is 2.08.